The predicted octanol–water partition coefficient (Wildman–Crippen LogP) is 4.21. The number of ether oxygens (including phenoxy) is 2. The molecule has 0 aliphatic carbocycles. The normalized spacial score (nSPS) is 10.3. The lowest BCUT2D eigenvalue weighted by molar-refractivity contribution is -0.118. The lowest BCUT2D eigenvalue weighted by atomic mass is 10.2. The van der Waals surface area contributed by atoms with Gasteiger partial charge in [-0.2, -0.15) is 0 Å². The van der Waals surface area contributed by atoms with Crippen LogP contribution in [-0.2, 0) is 9.53 Å². The van der Waals surface area contributed by atoms with Gasteiger partial charge in [-0.15, -0.1) is 11.3 Å². The van der Waals surface area contributed by atoms with Crippen LogP contribution in [0.5, 0.6) is 5.75 Å². The van der Waals surface area contributed by atoms with Gasteiger partial charge in [0.2, 0.25) is 0 Å². The maximum atomic E-state index is 12.0. The van der Waals surface area contributed by atoms with E-state index in [2.05, 4.69) is 5.32 Å². The van der Waals surface area contributed by atoms with Gasteiger partial charge in [0.15, 0.2) is 6.61 Å². The van der Waals surface area contributed by atoms with Gasteiger partial charge in [-0.1, -0.05) is 11.6 Å². The van der Waals surface area contributed by atoms with Gasteiger partial charge < -0.3 is 14.8 Å². The molecule has 7 heteroatoms. The summed E-state index contributed by atoms with van der Waals surface area (Å²) in [5, 5.41) is 3.94. The first-order valence-corrected chi connectivity index (χ1v) is 8.56. The van der Waals surface area contributed by atoms with E-state index in [0.29, 0.717) is 27.3 Å². The van der Waals surface area contributed by atoms with E-state index in [-0.39, 0.29) is 18.5 Å². The number of amides is 1. The maximum Gasteiger partial charge on any atom is 0.348 e. The highest BCUT2D eigenvalue weighted by Crippen LogP contribution is 2.27. The Balaban J connectivity index is 1.93. The van der Waals surface area contributed by atoms with Crippen LogP contribution in [0.4, 0.5) is 5.00 Å². The highest BCUT2D eigenvalue weighted by molar-refractivity contribution is 7.18. The second kappa shape index (κ2) is 8.17. The third kappa shape index (κ3) is 4.72. The molecular weight excluding hydrogens is 350 g/mol. The Morgan fingerprint density at radius 3 is 2.62 bits per heavy atom. The fourth-order valence-corrected chi connectivity index (χ4v) is 3.07. The van der Waals surface area contributed by atoms with Gasteiger partial charge in [-0.25, -0.2) is 4.79 Å². The van der Waals surface area contributed by atoms with Crippen LogP contribution in [0.25, 0.3) is 0 Å². The first kappa shape index (κ1) is 18.3. The molecule has 5 nitrogen and oxygen atoms in total. The van der Waals surface area contributed by atoms with E-state index in [1.54, 1.807) is 38.1 Å². The van der Waals surface area contributed by atoms with E-state index in [1.165, 1.54) is 11.3 Å². The minimum Gasteiger partial charge on any atom is -0.484 e. The van der Waals surface area contributed by atoms with Gasteiger partial charge >= 0.3 is 5.97 Å². The Morgan fingerprint density at radius 2 is 1.96 bits per heavy atom. The Labute approximate surface area is 149 Å². The molecule has 0 fully saturated rings. The van der Waals surface area contributed by atoms with Gasteiger partial charge in [0.05, 0.1) is 11.6 Å². The molecule has 1 amide bonds. The number of anilines is 1. The fourth-order valence-electron chi connectivity index (χ4n) is 1.97. The fraction of sp³-hybridized carbons (Fsp3) is 0.294. The SMILES string of the molecule is CCOC(=O)c1sc(NC(=O)COc2ccc(Cl)c(C)c2)cc1C. The van der Waals surface area contributed by atoms with Crippen LogP contribution in [-0.4, -0.2) is 25.1 Å². The van der Waals surface area contributed by atoms with Crippen molar-refractivity contribution in [2.75, 3.05) is 18.5 Å². The van der Waals surface area contributed by atoms with Crippen molar-refractivity contribution in [3.05, 3.63) is 45.3 Å². The number of hydrogen-bond acceptors (Lipinski definition) is 5. The molecule has 128 valence electrons. The maximum absolute atomic E-state index is 12.0. The summed E-state index contributed by atoms with van der Waals surface area (Å²) in [7, 11) is 0. The standard InChI is InChI=1S/C17H18ClNO4S/c1-4-22-17(21)16-11(3)8-15(24-16)19-14(20)9-23-12-5-6-13(18)10(2)7-12/h5-8H,4,9H2,1-3H3,(H,19,20). The van der Waals surface area contributed by atoms with Gasteiger partial charge in [-0.05, 0) is 56.2 Å². The van der Waals surface area contributed by atoms with E-state index in [0.717, 1.165) is 11.1 Å². The number of hydrogen-bond donors (Lipinski definition) is 1. The first-order chi connectivity index (χ1) is 11.4. The van der Waals surface area contributed by atoms with Crippen LogP contribution < -0.4 is 10.1 Å². The molecule has 24 heavy (non-hydrogen) atoms. The Hall–Kier alpha value is -2.05. The monoisotopic (exact) mass is 367 g/mol. The van der Waals surface area contributed by atoms with Gasteiger partial charge in [0.1, 0.15) is 10.6 Å². The Bertz CT molecular complexity index is 757. The molecule has 0 aliphatic rings. The Morgan fingerprint density at radius 1 is 1.21 bits per heavy atom. The zero-order valence-electron chi connectivity index (χ0n) is 13.6. The van der Waals surface area contributed by atoms with Crippen molar-refractivity contribution < 1.29 is 19.1 Å². The number of nitrogens with one attached hydrogen (secondary N) is 1. The molecule has 1 N–H and O–H groups in total. The lowest BCUT2D eigenvalue weighted by Gasteiger charge is -2.07. The van der Waals surface area contributed by atoms with Crippen LogP contribution in [0.15, 0.2) is 24.3 Å². The van der Waals surface area contributed by atoms with Crippen LogP contribution in [0, 0.1) is 13.8 Å². The summed E-state index contributed by atoms with van der Waals surface area (Å²) < 4.78 is 10.4. The van der Waals surface area contributed by atoms with Crippen molar-refractivity contribution in [2.24, 2.45) is 0 Å². The molecule has 2 rings (SSSR count). The quantitative estimate of drug-likeness (QED) is 0.776. The minimum atomic E-state index is -0.381. The molecular formula is C17H18ClNO4S. The summed E-state index contributed by atoms with van der Waals surface area (Å²) >= 11 is 7.13. The molecule has 0 saturated heterocycles. The third-order valence-electron chi connectivity index (χ3n) is 3.14. The number of rotatable bonds is 6. The van der Waals surface area contributed by atoms with E-state index in [4.69, 9.17) is 21.1 Å². The highest BCUT2D eigenvalue weighted by atomic mass is 35.5. The van der Waals surface area contributed by atoms with E-state index < -0.39 is 0 Å². The van der Waals surface area contributed by atoms with Crippen LogP contribution >= 0.6 is 22.9 Å². The summed E-state index contributed by atoms with van der Waals surface area (Å²) in [6.07, 6.45) is 0. The van der Waals surface area contributed by atoms with Crippen molar-refractivity contribution in [3.8, 4) is 5.75 Å². The zero-order chi connectivity index (χ0) is 17.7. The lowest BCUT2D eigenvalue weighted by Crippen LogP contribution is -2.19. The highest BCUT2D eigenvalue weighted by Gasteiger charge is 2.16. The summed E-state index contributed by atoms with van der Waals surface area (Å²) in [6, 6.07) is 6.93. The van der Waals surface area contributed by atoms with Crippen LogP contribution in [0.3, 0.4) is 0 Å². The van der Waals surface area contributed by atoms with Crippen molar-refractivity contribution in [2.45, 2.75) is 20.8 Å². The number of aryl methyl sites for hydroxylation is 2. The van der Waals surface area contributed by atoms with Gasteiger partial charge in [0, 0.05) is 5.02 Å². The minimum absolute atomic E-state index is 0.132. The second-order valence-electron chi connectivity index (χ2n) is 5.09. The molecule has 0 radical (unpaired) electrons. The summed E-state index contributed by atoms with van der Waals surface area (Å²) in [5.41, 5.74) is 1.64. The third-order valence-corrected chi connectivity index (χ3v) is 4.70. The number of thiophene rings is 1. The average Bonchev–Trinajstić information content (AvgIpc) is 2.89. The molecule has 0 aliphatic heterocycles. The average molecular weight is 368 g/mol. The molecule has 0 atom stereocenters. The number of esters is 1. The van der Waals surface area contributed by atoms with Crippen molar-refractivity contribution >= 4 is 39.8 Å². The Kier molecular flexibility index (Phi) is 6.23. The molecule has 0 bridgehead atoms. The van der Waals surface area contributed by atoms with Crippen molar-refractivity contribution in [3.63, 3.8) is 0 Å². The molecule has 0 unspecified atom stereocenters. The number of benzene rings is 1. The number of carbonyl (C=O) groups is 2. The van der Waals surface area contributed by atoms with Gasteiger partial charge in [-0.3, -0.25) is 4.79 Å². The zero-order valence-corrected chi connectivity index (χ0v) is 15.2. The van der Waals surface area contributed by atoms with Crippen LogP contribution in [0.2, 0.25) is 5.02 Å². The summed E-state index contributed by atoms with van der Waals surface area (Å²) in [6.45, 7) is 5.59. The van der Waals surface area contributed by atoms with Crippen molar-refractivity contribution in [1.82, 2.24) is 0 Å². The molecule has 2 aromatic rings. The summed E-state index contributed by atoms with van der Waals surface area (Å²) in [5.74, 6) is -0.116. The van der Waals surface area contributed by atoms with Gasteiger partial charge in [0.25, 0.3) is 5.91 Å². The largest absolute Gasteiger partial charge is 0.484 e. The number of carbonyl (C=O) groups excluding carboxylic acids is 2. The topological polar surface area (TPSA) is 64.6 Å². The smallest absolute Gasteiger partial charge is 0.348 e. The van der Waals surface area contributed by atoms with Crippen LogP contribution in [0.1, 0.15) is 27.7 Å². The van der Waals surface area contributed by atoms with E-state index in [9.17, 15) is 9.59 Å². The second-order valence-corrected chi connectivity index (χ2v) is 6.55. The molecule has 0 saturated carbocycles. The molecule has 1 aromatic carbocycles. The molecule has 0 spiro atoms. The molecule has 1 heterocycles. The molecule has 1 aromatic heterocycles. The van der Waals surface area contributed by atoms with Crippen molar-refractivity contribution in [1.29, 1.82) is 0 Å². The van der Waals surface area contributed by atoms with E-state index in [1.807, 2.05) is 6.92 Å². The summed E-state index contributed by atoms with van der Waals surface area (Å²) in [4.78, 5) is 24.2. The first-order valence-electron chi connectivity index (χ1n) is 7.37. The number of halogens is 1. The van der Waals surface area contributed by atoms with E-state index >= 15 is 0 Å². The predicted molar refractivity (Wildman–Crippen MR) is 95.3 cm³/mol.